The van der Waals surface area contributed by atoms with Gasteiger partial charge in [0.1, 0.15) is 5.75 Å². The van der Waals surface area contributed by atoms with Crippen LogP contribution in [0.5, 0.6) is 5.75 Å². The van der Waals surface area contributed by atoms with E-state index in [1.165, 1.54) is 0 Å². The molecule has 0 bridgehead atoms. The van der Waals surface area contributed by atoms with Crippen molar-refractivity contribution in [2.45, 2.75) is 32.6 Å². The molecule has 4 nitrogen and oxygen atoms in total. The average molecular weight is 450 g/mol. The highest BCUT2D eigenvalue weighted by Crippen LogP contribution is 2.21. The molecule has 2 aromatic rings. The molecule has 1 amide bonds. The van der Waals surface area contributed by atoms with Crippen LogP contribution in [0.4, 0.5) is 0 Å². The molecule has 0 spiro atoms. The Morgan fingerprint density at radius 3 is 2.52 bits per heavy atom. The minimum atomic E-state index is -0.218. The topological polar surface area (TPSA) is 50.7 Å². The number of carbonyl (C=O) groups is 1. The fraction of sp³-hybridized carbons (Fsp3) is 0.300. The van der Waals surface area contributed by atoms with Crippen LogP contribution in [0.2, 0.25) is 0 Å². The van der Waals surface area contributed by atoms with Gasteiger partial charge in [-0.1, -0.05) is 50.1 Å². The summed E-state index contributed by atoms with van der Waals surface area (Å²) in [7, 11) is 1.62. The number of methoxy groups -OCH3 is 1. The van der Waals surface area contributed by atoms with Gasteiger partial charge in [-0.05, 0) is 59.2 Å². The molecule has 0 aromatic heterocycles. The third-order valence-corrected chi connectivity index (χ3v) is 4.67. The fourth-order valence-corrected chi connectivity index (χ4v) is 3.16. The van der Waals surface area contributed by atoms with Gasteiger partial charge < -0.3 is 4.74 Å². The van der Waals surface area contributed by atoms with Gasteiger partial charge in [0, 0.05) is 5.56 Å². The van der Waals surface area contributed by atoms with E-state index < -0.39 is 0 Å². The number of nitrogens with one attached hydrogen (secondary N) is 1. The van der Waals surface area contributed by atoms with E-state index in [0.29, 0.717) is 5.56 Å². The molecule has 5 heteroatoms. The third-order valence-electron chi connectivity index (χ3n) is 3.83. The Kier molecular flexibility index (Phi) is 7.91. The van der Waals surface area contributed by atoms with E-state index >= 15 is 0 Å². The van der Waals surface area contributed by atoms with E-state index in [9.17, 15) is 4.79 Å². The summed E-state index contributed by atoms with van der Waals surface area (Å²) >= 11 is 2.15. The van der Waals surface area contributed by atoms with Crippen LogP contribution in [0.3, 0.4) is 0 Å². The molecule has 1 N–H and O–H groups in total. The second kappa shape index (κ2) is 10.2. The number of hydrazone groups is 1. The fourth-order valence-electron chi connectivity index (χ4n) is 2.43. The lowest BCUT2D eigenvalue weighted by Crippen LogP contribution is -2.20. The van der Waals surface area contributed by atoms with E-state index in [1.807, 2.05) is 30.3 Å². The van der Waals surface area contributed by atoms with Crippen molar-refractivity contribution in [3.8, 4) is 5.75 Å². The number of carbonyl (C=O) groups excluding carboxylic acids is 1. The maximum atomic E-state index is 12.4. The molecule has 0 fully saturated rings. The number of unbranched alkanes of at least 4 members (excludes halogenated alkanes) is 2. The lowest BCUT2D eigenvalue weighted by molar-refractivity contribution is 0.0954. The van der Waals surface area contributed by atoms with Gasteiger partial charge in [0.25, 0.3) is 5.91 Å². The van der Waals surface area contributed by atoms with Crippen molar-refractivity contribution in [3.05, 3.63) is 63.2 Å². The van der Waals surface area contributed by atoms with Gasteiger partial charge >= 0.3 is 0 Å². The van der Waals surface area contributed by atoms with Crippen LogP contribution in [0.15, 0.2) is 53.6 Å². The second-order valence-corrected chi connectivity index (χ2v) is 6.83. The van der Waals surface area contributed by atoms with E-state index in [1.54, 1.807) is 25.3 Å². The largest absolute Gasteiger partial charge is 0.496 e. The summed E-state index contributed by atoms with van der Waals surface area (Å²) in [4.78, 5) is 12.4. The summed E-state index contributed by atoms with van der Waals surface area (Å²) in [5.74, 6) is 0.537. The maximum absolute atomic E-state index is 12.4. The van der Waals surface area contributed by atoms with Crippen molar-refractivity contribution in [2.75, 3.05) is 7.11 Å². The zero-order valence-electron chi connectivity index (χ0n) is 14.6. The van der Waals surface area contributed by atoms with Gasteiger partial charge in [-0.2, -0.15) is 5.10 Å². The van der Waals surface area contributed by atoms with Gasteiger partial charge in [-0.3, -0.25) is 4.79 Å². The molecule has 25 heavy (non-hydrogen) atoms. The number of hydrogen-bond acceptors (Lipinski definition) is 3. The first-order valence-electron chi connectivity index (χ1n) is 8.41. The van der Waals surface area contributed by atoms with Crippen LogP contribution in [0, 0.1) is 3.57 Å². The van der Waals surface area contributed by atoms with Gasteiger partial charge in [-0.25, -0.2) is 5.43 Å². The second-order valence-electron chi connectivity index (χ2n) is 5.67. The third kappa shape index (κ3) is 5.85. The van der Waals surface area contributed by atoms with Gasteiger partial charge in [-0.15, -0.1) is 0 Å². The first kappa shape index (κ1) is 19.4. The molecule has 0 saturated heterocycles. The molecular formula is C20H23IN2O2. The first-order chi connectivity index (χ1) is 12.2. The van der Waals surface area contributed by atoms with Crippen LogP contribution in [-0.2, 0) is 0 Å². The summed E-state index contributed by atoms with van der Waals surface area (Å²) in [6.45, 7) is 2.17. The Hall–Kier alpha value is -1.89. The molecule has 2 rings (SSSR count). The zero-order chi connectivity index (χ0) is 18.1. The van der Waals surface area contributed by atoms with Crippen molar-refractivity contribution in [1.82, 2.24) is 5.43 Å². The molecule has 0 unspecified atom stereocenters. The predicted octanol–water partition coefficient (Wildman–Crippen LogP) is 5.01. The quantitative estimate of drug-likeness (QED) is 0.266. The number of benzene rings is 2. The van der Waals surface area contributed by atoms with Crippen molar-refractivity contribution < 1.29 is 9.53 Å². The molecule has 0 atom stereocenters. The van der Waals surface area contributed by atoms with Crippen LogP contribution >= 0.6 is 22.6 Å². The van der Waals surface area contributed by atoms with Crippen LogP contribution in [-0.4, -0.2) is 18.7 Å². The lowest BCUT2D eigenvalue weighted by Gasteiger charge is -2.08. The lowest BCUT2D eigenvalue weighted by atomic mass is 10.0. The number of ether oxygens (including phenoxy) is 1. The Balaban J connectivity index is 2.13. The van der Waals surface area contributed by atoms with Crippen molar-refractivity contribution in [2.24, 2.45) is 5.10 Å². The molecule has 0 aliphatic heterocycles. The van der Waals surface area contributed by atoms with E-state index in [2.05, 4.69) is 40.0 Å². The number of rotatable bonds is 8. The molecule has 0 aliphatic carbocycles. The molecule has 0 saturated carbocycles. The summed E-state index contributed by atoms with van der Waals surface area (Å²) < 4.78 is 6.12. The maximum Gasteiger partial charge on any atom is 0.271 e. The average Bonchev–Trinajstić information content (AvgIpc) is 2.65. The van der Waals surface area contributed by atoms with Crippen LogP contribution in [0.25, 0.3) is 0 Å². The molecular weight excluding hydrogens is 427 g/mol. The number of nitrogens with zero attached hydrogens (tertiary/aromatic N) is 1. The zero-order valence-corrected chi connectivity index (χ0v) is 16.7. The van der Waals surface area contributed by atoms with E-state index in [4.69, 9.17) is 4.74 Å². The smallest absolute Gasteiger partial charge is 0.271 e. The predicted molar refractivity (Wildman–Crippen MR) is 110 cm³/mol. The first-order valence-corrected chi connectivity index (χ1v) is 9.49. The highest BCUT2D eigenvalue weighted by molar-refractivity contribution is 14.1. The monoisotopic (exact) mass is 450 g/mol. The Morgan fingerprint density at radius 1 is 1.12 bits per heavy atom. The van der Waals surface area contributed by atoms with Crippen molar-refractivity contribution in [3.63, 3.8) is 0 Å². The number of amides is 1. The Bertz CT molecular complexity index is 730. The van der Waals surface area contributed by atoms with E-state index in [-0.39, 0.29) is 5.91 Å². The van der Waals surface area contributed by atoms with E-state index in [0.717, 1.165) is 46.3 Å². The molecule has 0 radical (unpaired) electrons. The van der Waals surface area contributed by atoms with Crippen molar-refractivity contribution in [1.29, 1.82) is 0 Å². The molecule has 2 aromatic carbocycles. The highest BCUT2D eigenvalue weighted by Gasteiger charge is 2.09. The SMILES string of the molecule is CCCCCC(=NNC(=O)c1ccc(OC)c(I)c1)c1ccccc1. The minimum absolute atomic E-state index is 0.218. The summed E-state index contributed by atoms with van der Waals surface area (Å²) in [5, 5.41) is 4.40. The normalized spacial score (nSPS) is 11.2. The van der Waals surface area contributed by atoms with Crippen LogP contribution in [0.1, 0.15) is 48.5 Å². The standard InChI is InChI=1S/C20H23IN2O2/c1-3-4-6-11-18(15-9-7-5-8-10-15)22-23-20(24)16-12-13-19(25-2)17(21)14-16/h5,7-10,12-14H,3-4,6,11H2,1-2H3,(H,23,24). The number of halogens is 1. The van der Waals surface area contributed by atoms with Crippen molar-refractivity contribution >= 4 is 34.2 Å². The number of hydrogen-bond donors (Lipinski definition) is 1. The van der Waals surface area contributed by atoms with Gasteiger partial charge in [0.2, 0.25) is 0 Å². The Morgan fingerprint density at radius 2 is 1.88 bits per heavy atom. The summed E-state index contributed by atoms with van der Waals surface area (Å²) in [6.07, 6.45) is 4.20. The van der Waals surface area contributed by atoms with Gasteiger partial charge in [0.15, 0.2) is 0 Å². The summed E-state index contributed by atoms with van der Waals surface area (Å²) in [6, 6.07) is 15.3. The highest BCUT2D eigenvalue weighted by atomic mass is 127. The van der Waals surface area contributed by atoms with Crippen LogP contribution < -0.4 is 10.2 Å². The molecule has 0 aliphatic rings. The molecule has 132 valence electrons. The minimum Gasteiger partial charge on any atom is -0.496 e. The molecule has 0 heterocycles. The van der Waals surface area contributed by atoms with Gasteiger partial charge in [0.05, 0.1) is 16.4 Å². The summed E-state index contributed by atoms with van der Waals surface area (Å²) in [5.41, 5.74) is 5.21. The Labute approximate surface area is 162 Å².